The highest BCUT2D eigenvalue weighted by atomic mass is 16.3. The molecule has 0 spiro atoms. The zero-order chi connectivity index (χ0) is 11.1. The van der Waals surface area contributed by atoms with E-state index in [1.807, 2.05) is 41.8 Å². The summed E-state index contributed by atoms with van der Waals surface area (Å²) in [5.74, 6) is 1.34. The van der Waals surface area contributed by atoms with Crippen LogP contribution in [0, 0.1) is 6.92 Å². The third-order valence-electron chi connectivity index (χ3n) is 2.64. The molecule has 2 N–H and O–H groups in total. The number of pyridine rings is 1. The fraction of sp³-hybridized carbons (Fsp3) is 0.0833. The zero-order valence-electron chi connectivity index (χ0n) is 8.84. The lowest BCUT2D eigenvalue weighted by Gasteiger charge is -1.96. The Morgan fingerprint density at radius 3 is 2.88 bits per heavy atom. The van der Waals surface area contributed by atoms with Crippen molar-refractivity contribution in [3.8, 4) is 11.5 Å². The summed E-state index contributed by atoms with van der Waals surface area (Å²) in [6, 6.07) is 7.67. The second kappa shape index (κ2) is 3.13. The smallest absolute Gasteiger partial charge is 0.158 e. The molecule has 3 heterocycles. The van der Waals surface area contributed by atoms with E-state index in [4.69, 9.17) is 10.2 Å². The number of hydrogen-bond donors (Lipinski definition) is 1. The number of furan rings is 1. The van der Waals surface area contributed by atoms with Gasteiger partial charge in [-0.25, -0.2) is 4.98 Å². The third kappa shape index (κ3) is 1.13. The number of rotatable bonds is 1. The maximum atomic E-state index is 6.04. The quantitative estimate of drug-likeness (QED) is 0.675. The van der Waals surface area contributed by atoms with Crippen molar-refractivity contribution in [1.29, 1.82) is 0 Å². The lowest BCUT2D eigenvalue weighted by atomic mass is 10.2. The van der Waals surface area contributed by atoms with Crippen LogP contribution in [0.3, 0.4) is 0 Å². The number of nitrogens with two attached hydrogens (primary N) is 1. The Balaban J connectivity index is 2.33. The normalized spacial score (nSPS) is 11.1. The predicted octanol–water partition coefficient (Wildman–Crippen LogP) is 2.48. The minimum Gasteiger partial charge on any atom is -0.462 e. The van der Waals surface area contributed by atoms with Crippen LogP contribution in [-0.4, -0.2) is 9.38 Å². The van der Waals surface area contributed by atoms with Gasteiger partial charge in [0, 0.05) is 6.20 Å². The molecule has 0 amide bonds. The summed E-state index contributed by atoms with van der Waals surface area (Å²) in [6.07, 6.45) is 3.54. The molecule has 3 aromatic heterocycles. The van der Waals surface area contributed by atoms with Gasteiger partial charge >= 0.3 is 0 Å². The van der Waals surface area contributed by atoms with Crippen LogP contribution in [0.5, 0.6) is 0 Å². The van der Waals surface area contributed by atoms with E-state index in [0.29, 0.717) is 11.5 Å². The molecule has 0 radical (unpaired) electrons. The summed E-state index contributed by atoms with van der Waals surface area (Å²) in [4.78, 5) is 4.46. The molecular formula is C12H11N3O. The van der Waals surface area contributed by atoms with E-state index in [0.717, 1.165) is 17.0 Å². The molecule has 0 unspecified atom stereocenters. The second-order valence-electron chi connectivity index (χ2n) is 3.71. The molecule has 0 fully saturated rings. The molecule has 0 aliphatic carbocycles. The SMILES string of the molecule is Cc1ccoc1-c1nc2ccccn2c1N. The summed E-state index contributed by atoms with van der Waals surface area (Å²) in [5.41, 5.74) is 8.60. The Labute approximate surface area is 92.3 Å². The zero-order valence-corrected chi connectivity index (χ0v) is 8.84. The van der Waals surface area contributed by atoms with E-state index in [2.05, 4.69) is 4.98 Å². The molecule has 3 rings (SSSR count). The van der Waals surface area contributed by atoms with E-state index in [-0.39, 0.29) is 0 Å². The second-order valence-corrected chi connectivity index (χ2v) is 3.71. The summed E-state index contributed by atoms with van der Waals surface area (Å²) >= 11 is 0. The molecule has 0 aliphatic heterocycles. The van der Waals surface area contributed by atoms with Crippen LogP contribution >= 0.6 is 0 Å². The van der Waals surface area contributed by atoms with E-state index >= 15 is 0 Å². The maximum Gasteiger partial charge on any atom is 0.158 e. The van der Waals surface area contributed by atoms with Gasteiger partial charge in [-0.2, -0.15) is 0 Å². The largest absolute Gasteiger partial charge is 0.462 e. The molecule has 16 heavy (non-hydrogen) atoms. The molecule has 0 atom stereocenters. The molecular weight excluding hydrogens is 202 g/mol. The number of fused-ring (bicyclic) bond motifs is 1. The first-order valence-corrected chi connectivity index (χ1v) is 5.04. The molecule has 3 aromatic rings. The van der Waals surface area contributed by atoms with E-state index in [9.17, 15) is 0 Å². The molecule has 0 aromatic carbocycles. The van der Waals surface area contributed by atoms with E-state index in [1.54, 1.807) is 6.26 Å². The standard InChI is InChI=1S/C12H11N3O/c1-8-5-7-16-11(8)10-12(13)15-6-3-2-4-9(15)14-10/h2-7H,13H2,1H3. The first-order valence-electron chi connectivity index (χ1n) is 5.04. The summed E-state index contributed by atoms with van der Waals surface area (Å²) in [6.45, 7) is 1.97. The number of imidazole rings is 1. The Bertz CT molecular complexity index is 651. The van der Waals surface area contributed by atoms with Crippen LogP contribution in [0.25, 0.3) is 17.1 Å². The van der Waals surface area contributed by atoms with Crippen molar-refractivity contribution in [3.63, 3.8) is 0 Å². The van der Waals surface area contributed by atoms with Gasteiger partial charge in [0.05, 0.1) is 6.26 Å². The highest BCUT2D eigenvalue weighted by Crippen LogP contribution is 2.29. The Hall–Kier alpha value is -2.23. The van der Waals surface area contributed by atoms with Crippen LogP contribution < -0.4 is 5.73 Å². The van der Waals surface area contributed by atoms with Crippen molar-refractivity contribution < 1.29 is 4.42 Å². The monoisotopic (exact) mass is 213 g/mol. The Morgan fingerprint density at radius 2 is 2.19 bits per heavy atom. The van der Waals surface area contributed by atoms with Gasteiger partial charge in [0.15, 0.2) is 5.76 Å². The Morgan fingerprint density at radius 1 is 1.31 bits per heavy atom. The van der Waals surface area contributed by atoms with Gasteiger partial charge in [-0.15, -0.1) is 0 Å². The number of hydrogen-bond acceptors (Lipinski definition) is 3. The number of aryl methyl sites for hydroxylation is 1. The first-order chi connectivity index (χ1) is 7.77. The first kappa shape index (κ1) is 9.03. The van der Waals surface area contributed by atoms with Gasteiger partial charge in [0.25, 0.3) is 0 Å². The minimum atomic E-state index is 0.605. The van der Waals surface area contributed by atoms with E-state index in [1.165, 1.54) is 0 Å². The molecule has 0 saturated heterocycles. The number of aromatic nitrogens is 2. The fourth-order valence-corrected chi connectivity index (χ4v) is 1.80. The number of nitrogens with zero attached hydrogens (tertiary/aromatic N) is 2. The van der Waals surface area contributed by atoms with Gasteiger partial charge in [-0.05, 0) is 30.7 Å². The van der Waals surface area contributed by atoms with Crippen molar-refractivity contribution in [3.05, 3.63) is 42.3 Å². The van der Waals surface area contributed by atoms with Gasteiger partial charge in [-0.3, -0.25) is 4.40 Å². The molecule has 0 bridgehead atoms. The van der Waals surface area contributed by atoms with Crippen LogP contribution in [-0.2, 0) is 0 Å². The molecule has 80 valence electrons. The third-order valence-corrected chi connectivity index (χ3v) is 2.64. The summed E-state index contributed by atoms with van der Waals surface area (Å²) in [7, 11) is 0. The van der Waals surface area contributed by atoms with Crippen molar-refractivity contribution in [1.82, 2.24) is 9.38 Å². The molecule has 0 saturated carbocycles. The highest BCUT2D eigenvalue weighted by Gasteiger charge is 2.15. The summed E-state index contributed by atoms with van der Waals surface area (Å²) in [5, 5.41) is 0. The van der Waals surface area contributed by atoms with Crippen molar-refractivity contribution >= 4 is 11.5 Å². The average Bonchev–Trinajstić information content (AvgIpc) is 2.84. The fourth-order valence-electron chi connectivity index (χ4n) is 1.80. The number of nitrogen functional groups attached to an aromatic ring is 1. The summed E-state index contributed by atoms with van der Waals surface area (Å²) < 4.78 is 7.25. The predicted molar refractivity (Wildman–Crippen MR) is 62.0 cm³/mol. The topological polar surface area (TPSA) is 56.5 Å². The molecule has 4 nitrogen and oxygen atoms in total. The van der Waals surface area contributed by atoms with Crippen LogP contribution in [0.2, 0.25) is 0 Å². The van der Waals surface area contributed by atoms with Crippen LogP contribution in [0.4, 0.5) is 5.82 Å². The number of anilines is 1. The van der Waals surface area contributed by atoms with Crippen LogP contribution in [0.1, 0.15) is 5.56 Å². The van der Waals surface area contributed by atoms with Gasteiger partial charge in [-0.1, -0.05) is 6.07 Å². The highest BCUT2D eigenvalue weighted by molar-refractivity contribution is 5.73. The lowest BCUT2D eigenvalue weighted by molar-refractivity contribution is 0.579. The van der Waals surface area contributed by atoms with Gasteiger partial charge in [0.1, 0.15) is 17.2 Å². The lowest BCUT2D eigenvalue weighted by Crippen LogP contribution is -1.93. The average molecular weight is 213 g/mol. The van der Waals surface area contributed by atoms with Crippen molar-refractivity contribution in [2.24, 2.45) is 0 Å². The molecule has 4 heteroatoms. The van der Waals surface area contributed by atoms with Crippen molar-refractivity contribution in [2.45, 2.75) is 6.92 Å². The minimum absolute atomic E-state index is 0.605. The maximum absolute atomic E-state index is 6.04. The van der Waals surface area contributed by atoms with E-state index < -0.39 is 0 Å². The van der Waals surface area contributed by atoms with Gasteiger partial charge in [0.2, 0.25) is 0 Å². The molecule has 0 aliphatic rings. The van der Waals surface area contributed by atoms with Crippen LogP contribution in [0.15, 0.2) is 41.1 Å². The van der Waals surface area contributed by atoms with Gasteiger partial charge < -0.3 is 10.2 Å². The van der Waals surface area contributed by atoms with Crippen molar-refractivity contribution in [2.75, 3.05) is 5.73 Å². The Kier molecular flexibility index (Phi) is 1.77.